The Morgan fingerprint density at radius 3 is 2.96 bits per heavy atom. The highest BCUT2D eigenvalue weighted by Crippen LogP contribution is 2.17. The highest BCUT2D eigenvalue weighted by Gasteiger charge is 2.27. The molecule has 3 N–H and O–H groups in total. The summed E-state index contributed by atoms with van der Waals surface area (Å²) in [5.74, 6) is 1.08. The molecule has 1 saturated heterocycles. The van der Waals surface area contributed by atoms with Crippen molar-refractivity contribution in [2.45, 2.75) is 19.9 Å². The van der Waals surface area contributed by atoms with Crippen LogP contribution in [0.4, 0.5) is 4.79 Å². The Morgan fingerprint density at radius 1 is 1.39 bits per heavy atom. The van der Waals surface area contributed by atoms with E-state index < -0.39 is 9.84 Å². The summed E-state index contributed by atoms with van der Waals surface area (Å²) >= 11 is 0. The lowest BCUT2D eigenvalue weighted by atomic mass is 10.1. The smallest absolute Gasteiger partial charge is 0.315 e. The average molecular weight is 336 g/mol. The van der Waals surface area contributed by atoms with Crippen molar-refractivity contribution in [3.05, 3.63) is 29.6 Å². The van der Waals surface area contributed by atoms with Gasteiger partial charge in [0, 0.05) is 6.54 Å². The molecule has 1 aliphatic heterocycles. The first-order chi connectivity index (χ1) is 10.9. The number of aromatic amines is 1. The second-order valence-electron chi connectivity index (χ2n) is 6.04. The molecule has 8 heteroatoms. The predicted molar refractivity (Wildman–Crippen MR) is 87.8 cm³/mol. The van der Waals surface area contributed by atoms with Crippen LogP contribution in [0.1, 0.15) is 17.8 Å². The van der Waals surface area contributed by atoms with Crippen LogP contribution < -0.4 is 10.6 Å². The number of hydrogen-bond donors (Lipinski definition) is 3. The van der Waals surface area contributed by atoms with Crippen molar-refractivity contribution < 1.29 is 13.2 Å². The molecular formula is C15H20N4O3S. The zero-order valence-electron chi connectivity index (χ0n) is 12.9. The molecule has 2 heterocycles. The van der Waals surface area contributed by atoms with Crippen LogP contribution in [-0.4, -0.2) is 42.5 Å². The molecule has 0 radical (unpaired) electrons. The largest absolute Gasteiger partial charge is 0.340 e. The van der Waals surface area contributed by atoms with Gasteiger partial charge in [-0.15, -0.1) is 0 Å². The maximum absolute atomic E-state index is 11.8. The van der Waals surface area contributed by atoms with Crippen LogP contribution in [0.25, 0.3) is 11.0 Å². The van der Waals surface area contributed by atoms with Crippen molar-refractivity contribution in [3.63, 3.8) is 0 Å². The quantitative estimate of drug-likeness (QED) is 0.778. The van der Waals surface area contributed by atoms with Gasteiger partial charge in [-0.1, -0.05) is 6.07 Å². The number of aryl methyl sites for hydroxylation is 1. The summed E-state index contributed by atoms with van der Waals surface area (Å²) in [5, 5.41) is 5.45. The number of carbonyl (C=O) groups is 1. The van der Waals surface area contributed by atoms with Gasteiger partial charge < -0.3 is 15.6 Å². The Labute approximate surface area is 134 Å². The van der Waals surface area contributed by atoms with E-state index in [4.69, 9.17) is 0 Å². The van der Waals surface area contributed by atoms with Gasteiger partial charge in [-0.25, -0.2) is 18.2 Å². The van der Waals surface area contributed by atoms with Crippen LogP contribution in [0.15, 0.2) is 18.2 Å². The lowest BCUT2D eigenvalue weighted by molar-refractivity contribution is 0.238. The van der Waals surface area contributed by atoms with Gasteiger partial charge in [0.25, 0.3) is 0 Å². The number of rotatable bonds is 4. The van der Waals surface area contributed by atoms with Gasteiger partial charge in [0.05, 0.1) is 29.1 Å². The molecule has 1 aromatic heterocycles. The van der Waals surface area contributed by atoms with Crippen LogP contribution >= 0.6 is 0 Å². The Hall–Kier alpha value is -2.09. The second kappa shape index (κ2) is 6.19. The number of nitrogens with zero attached hydrogens (tertiary/aromatic N) is 1. The van der Waals surface area contributed by atoms with Gasteiger partial charge in [0.1, 0.15) is 5.82 Å². The molecule has 23 heavy (non-hydrogen) atoms. The topological polar surface area (TPSA) is 104 Å². The SMILES string of the molecule is Cc1ccc2nc(CNC(=O)NCC3CCS(=O)(=O)C3)[nH]c2c1. The lowest BCUT2D eigenvalue weighted by Gasteiger charge is -2.10. The summed E-state index contributed by atoms with van der Waals surface area (Å²) in [6, 6.07) is 5.62. The van der Waals surface area contributed by atoms with Gasteiger partial charge in [0.2, 0.25) is 0 Å². The number of hydrogen-bond acceptors (Lipinski definition) is 4. The molecule has 0 aliphatic carbocycles. The zero-order chi connectivity index (χ0) is 16.4. The number of sulfone groups is 1. The summed E-state index contributed by atoms with van der Waals surface area (Å²) < 4.78 is 22.7. The first-order valence-electron chi connectivity index (χ1n) is 7.59. The summed E-state index contributed by atoms with van der Waals surface area (Å²) in [6.45, 7) is 2.68. The number of benzene rings is 1. The minimum Gasteiger partial charge on any atom is -0.340 e. The highest BCUT2D eigenvalue weighted by molar-refractivity contribution is 7.91. The third kappa shape index (κ3) is 4.01. The molecule has 3 rings (SSSR count). The molecule has 1 atom stereocenters. The molecule has 1 fully saturated rings. The first kappa shape index (κ1) is 15.8. The van der Waals surface area contributed by atoms with E-state index in [1.807, 2.05) is 25.1 Å². The number of carbonyl (C=O) groups excluding carboxylic acids is 1. The van der Waals surface area contributed by atoms with E-state index in [0.717, 1.165) is 16.6 Å². The Morgan fingerprint density at radius 2 is 2.22 bits per heavy atom. The monoisotopic (exact) mass is 336 g/mol. The molecule has 1 aromatic carbocycles. The number of aromatic nitrogens is 2. The molecule has 1 unspecified atom stereocenters. The fourth-order valence-electron chi connectivity index (χ4n) is 2.76. The number of imidazole rings is 1. The Balaban J connectivity index is 1.48. The first-order valence-corrected chi connectivity index (χ1v) is 9.41. The molecular weight excluding hydrogens is 316 g/mol. The maximum atomic E-state index is 11.8. The average Bonchev–Trinajstić information content (AvgIpc) is 3.05. The van der Waals surface area contributed by atoms with Crippen LogP contribution in [0, 0.1) is 12.8 Å². The summed E-state index contributed by atoms with van der Waals surface area (Å²) in [6.07, 6.45) is 0.617. The molecule has 124 valence electrons. The van der Waals surface area contributed by atoms with E-state index in [1.165, 1.54) is 0 Å². The minimum atomic E-state index is -2.90. The normalized spacial score (nSPS) is 19.8. The summed E-state index contributed by atoms with van der Waals surface area (Å²) in [5.41, 5.74) is 2.95. The van der Waals surface area contributed by atoms with Crippen LogP contribution in [0.3, 0.4) is 0 Å². The molecule has 0 saturated carbocycles. The Kier molecular flexibility index (Phi) is 4.25. The van der Waals surface area contributed by atoms with Gasteiger partial charge >= 0.3 is 6.03 Å². The fraction of sp³-hybridized carbons (Fsp3) is 0.467. The molecule has 0 bridgehead atoms. The van der Waals surface area contributed by atoms with Crippen molar-refractivity contribution >= 4 is 26.9 Å². The Bertz CT molecular complexity index is 828. The maximum Gasteiger partial charge on any atom is 0.315 e. The molecule has 2 aromatic rings. The molecule has 0 spiro atoms. The standard InChI is InChI=1S/C15H20N4O3S/c1-10-2-3-12-13(6-10)19-14(18-12)8-17-15(20)16-7-11-4-5-23(21,22)9-11/h2-3,6,11H,4-5,7-9H2,1H3,(H,18,19)(H2,16,17,20). The fourth-order valence-corrected chi connectivity index (χ4v) is 4.62. The predicted octanol–water partition coefficient (Wildman–Crippen LogP) is 1.11. The molecule has 7 nitrogen and oxygen atoms in total. The number of fused-ring (bicyclic) bond motifs is 1. The van der Waals surface area contributed by atoms with E-state index in [9.17, 15) is 13.2 Å². The van der Waals surface area contributed by atoms with E-state index >= 15 is 0 Å². The van der Waals surface area contributed by atoms with Gasteiger partial charge in [-0.05, 0) is 37.0 Å². The van der Waals surface area contributed by atoms with Crippen molar-refractivity contribution in [3.8, 4) is 0 Å². The van der Waals surface area contributed by atoms with Crippen LogP contribution in [0.5, 0.6) is 0 Å². The van der Waals surface area contributed by atoms with Crippen molar-refractivity contribution in [2.75, 3.05) is 18.1 Å². The number of amides is 2. The highest BCUT2D eigenvalue weighted by atomic mass is 32.2. The molecule has 1 aliphatic rings. The van der Waals surface area contributed by atoms with Crippen molar-refractivity contribution in [1.29, 1.82) is 0 Å². The van der Waals surface area contributed by atoms with Gasteiger partial charge in [0.15, 0.2) is 9.84 Å². The van der Waals surface area contributed by atoms with Crippen molar-refractivity contribution in [1.82, 2.24) is 20.6 Å². The number of H-pyrrole nitrogens is 1. The third-order valence-electron chi connectivity index (χ3n) is 3.98. The number of nitrogens with one attached hydrogen (secondary N) is 3. The number of urea groups is 1. The van der Waals surface area contributed by atoms with Crippen molar-refractivity contribution in [2.24, 2.45) is 5.92 Å². The third-order valence-corrected chi connectivity index (χ3v) is 5.82. The van der Waals surface area contributed by atoms with Gasteiger partial charge in [-0.2, -0.15) is 0 Å². The van der Waals surface area contributed by atoms with Crippen LogP contribution in [-0.2, 0) is 16.4 Å². The van der Waals surface area contributed by atoms with E-state index in [2.05, 4.69) is 20.6 Å². The summed E-state index contributed by atoms with van der Waals surface area (Å²) in [4.78, 5) is 19.4. The second-order valence-corrected chi connectivity index (χ2v) is 8.27. The van der Waals surface area contributed by atoms with Gasteiger partial charge in [-0.3, -0.25) is 0 Å². The minimum absolute atomic E-state index is 0.0138. The lowest BCUT2D eigenvalue weighted by Crippen LogP contribution is -2.38. The zero-order valence-corrected chi connectivity index (χ0v) is 13.7. The molecule has 2 amide bonds. The summed E-state index contributed by atoms with van der Waals surface area (Å²) in [7, 11) is -2.90. The van der Waals surface area contributed by atoms with E-state index in [0.29, 0.717) is 25.3 Å². The van der Waals surface area contributed by atoms with Crippen LogP contribution in [0.2, 0.25) is 0 Å². The van der Waals surface area contributed by atoms with E-state index in [1.54, 1.807) is 0 Å². The van der Waals surface area contributed by atoms with E-state index in [-0.39, 0.29) is 23.5 Å².